The summed E-state index contributed by atoms with van der Waals surface area (Å²) in [5.41, 5.74) is 14.5. The largest absolute Gasteiger partial charge is 0.278 e. The molecule has 0 radical (unpaired) electrons. The summed E-state index contributed by atoms with van der Waals surface area (Å²) in [5.74, 6) is 0.648. The summed E-state index contributed by atoms with van der Waals surface area (Å²) in [5, 5.41) is 8.31. The van der Waals surface area contributed by atoms with Crippen molar-refractivity contribution in [3.05, 3.63) is 224 Å². The Labute approximate surface area is 353 Å². The van der Waals surface area contributed by atoms with Crippen molar-refractivity contribution >= 4 is 54.3 Å². The second kappa shape index (κ2) is 14.3. The smallest absolute Gasteiger partial charge is 0.235 e. The topological polar surface area (TPSA) is 30.7 Å². The molecule has 0 spiro atoms. The van der Waals surface area contributed by atoms with E-state index >= 15 is 0 Å². The molecule has 0 aliphatic carbocycles. The SMILES string of the molecule is c1ccc(-c2ccc3c4ccccc4n(-c4nc(-c5cccc(-c6cccc7cccc(-c8ccc(-c9cccc%10ccccc9%10)cc8)c67)c5)c5ccccc5n4)c3c2)cc1. The molecule has 0 saturated heterocycles. The second-order valence-electron chi connectivity index (χ2n) is 15.7. The highest BCUT2D eigenvalue weighted by atomic mass is 15.2. The number of hydrogen-bond acceptors (Lipinski definition) is 2. The van der Waals surface area contributed by atoms with Gasteiger partial charge in [-0.3, -0.25) is 4.57 Å². The van der Waals surface area contributed by atoms with E-state index in [0.717, 1.165) is 44.3 Å². The molecule has 0 aliphatic heterocycles. The molecule has 0 saturated carbocycles. The predicted octanol–water partition coefficient (Wildman–Crippen LogP) is 15.4. The van der Waals surface area contributed by atoms with Crippen molar-refractivity contribution in [1.29, 1.82) is 0 Å². The summed E-state index contributed by atoms with van der Waals surface area (Å²) in [6.07, 6.45) is 0. The van der Waals surface area contributed by atoms with E-state index in [1.165, 1.54) is 65.7 Å². The van der Waals surface area contributed by atoms with Gasteiger partial charge in [-0.1, -0.05) is 200 Å². The van der Waals surface area contributed by atoms with Gasteiger partial charge in [0.05, 0.1) is 22.2 Å². The summed E-state index contributed by atoms with van der Waals surface area (Å²) in [6, 6.07) is 80.6. The number of para-hydroxylation sites is 2. The lowest BCUT2D eigenvalue weighted by molar-refractivity contribution is 1.01. The Morgan fingerprint density at radius 2 is 0.852 bits per heavy atom. The van der Waals surface area contributed by atoms with Gasteiger partial charge in [-0.25, -0.2) is 9.97 Å². The third-order valence-electron chi connectivity index (χ3n) is 12.2. The van der Waals surface area contributed by atoms with Crippen LogP contribution >= 0.6 is 0 Å². The van der Waals surface area contributed by atoms with Crippen molar-refractivity contribution in [3.63, 3.8) is 0 Å². The van der Waals surface area contributed by atoms with E-state index in [2.05, 4.69) is 229 Å². The third-order valence-corrected chi connectivity index (χ3v) is 12.2. The Morgan fingerprint density at radius 1 is 0.295 bits per heavy atom. The number of hydrogen-bond donors (Lipinski definition) is 0. The molecule has 0 atom stereocenters. The van der Waals surface area contributed by atoms with Gasteiger partial charge in [0.15, 0.2) is 0 Å². The van der Waals surface area contributed by atoms with Gasteiger partial charge >= 0.3 is 0 Å². The zero-order chi connectivity index (χ0) is 40.3. The van der Waals surface area contributed by atoms with Gasteiger partial charge in [0, 0.05) is 21.7 Å². The molecule has 2 aromatic heterocycles. The highest BCUT2D eigenvalue weighted by molar-refractivity contribution is 6.11. The standard InChI is InChI=1S/C58H37N3/c1-2-14-38(15-3-1)43-34-35-51-50-23-7-9-29-54(50)61(55(51)37-43)58-59-53-28-8-6-24-52(53)57(60-58)45-21-10-20-44(36-45)49-27-13-19-42-18-12-26-48(56(42)49)41-32-30-40(31-33-41)47-25-11-17-39-16-4-5-22-46(39)47/h1-37H. The van der Waals surface area contributed by atoms with Crippen LogP contribution in [0.2, 0.25) is 0 Å². The fourth-order valence-electron chi connectivity index (χ4n) is 9.34. The zero-order valence-corrected chi connectivity index (χ0v) is 33.2. The van der Waals surface area contributed by atoms with E-state index in [0.29, 0.717) is 5.95 Å². The number of nitrogens with zero attached hydrogens (tertiary/aromatic N) is 3. The van der Waals surface area contributed by atoms with Crippen molar-refractivity contribution in [2.75, 3.05) is 0 Å². The molecule has 3 heteroatoms. The van der Waals surface area contributed by atoms with Gasteiger partial charge in [0.1, 0.15) is 0 Å². The minimum Gasteiger partial charge on any atom is -0.278 e. The second-order valence-corrected chi connectivity index (χ2v) is 15.7. The van der Waals surface area contributed by atoms with Gasteiger partial charge in [-0.2, -0.15) is 0 Å². The molecule has 10 aromatic carbocycles. The van der Waals surface area contributed by atoms with Gasteiger partial charge in [-0.15, -0.1) is 0 Å². The van der Waals surface area contributed by atoms with E-state index in [1.807, 2.05) is 0 Å². The van der Waals surface area contributed by atoms with Crippen molar-refractivity contribution in [2.24, 2.45) is 0 Å². The average molecular weight is 776 g/mol. The first kappa shape index (κ1) is 34.9. The normalized spacial score (nSPS) is 11.6. The Bertz CT molecular complexity index is 3630. The first-order valence-electron chi connectivity index (χ1n) is 20.8. The minimum atomic E-state index is 0.648. The first-order valence-corrected chi connectivity index (χ1v) is 20.8. The molecule has 0 aliphatic rings. The molecule has 0 bridgehead atoms. The van der Waals surface area contributed by atoms with Crippen LogP contribution in [0.1, 0.15) is 0 Å². The van der Waals surface area contributed by atoms with E-state index in [9.17, 15) is 0 Å². The molecule has 12 rings (SSSR count). The molecule has 61 heavy (non-hydrogen) atoms. The molecule has 0 unspecified atom stereocenters. The highest BCUT2D eigenvalue weighted by Crippen LogP contribution is 2.40. The summed E-state index contributed by atoms with van der Waals surface area (Å²) in [7, 11) is 0. The molecule has 0 amide bonds. The number of fused-ring (bicyclic) bond motifs is 6. The molecular weight excluding hydrogens is 739 g/mol. The molecule has 12 aromatic rings. The van der Waals surface area contributed by atoms with Crippen LogP contribution in [-0.2, 0) is 0 Å². The van der Waals surface area contributed by atoms with Crippen LogP contribution in [0.25, 0.3) is 116 Å². The van der Waals surface area contributed by atoms with Gasteiger partial charge in [-0.05, 0) is 90.3 Å². The fraction of sp³-hybridized carbons (Fsp3) is 0. The molecule has 2 heterocycles. The van der Waals surface area contributed by atoms with E-state index in [4.69, 9.17) is 9.97 Å². The number of rotatable bonds is 6. The van der Waals surface area contributed by atoms with Crippen molar-refractivity contribution < 1.29 is 0 Å². The lowest BCUT2D eigenvalue weighted by Crippen LogP contribution is -2.03. The molecule has 0 N–H and O–H groups in total. The highest BCUT2D eigenvalue weighted by Gasteiger charge is 2.19. The Balaban J connectivity index is 1.00. The maximum absolute atomic E-state index is 5.48. The molecule has 284 valence electrons. The van der Waals surface area contributed by atoms with Crippen LogP contribution in [0, 0.1) is 0 Å². The van der Waals surface area contributed by atoms with Crippen molar-refractivity contribution in [2.45, 2.75) is 0 Å². The molecule has 0 fully saturated rings. The Morgan fingerprint density at radius 3 is 1.67 bits per heavy atom. The molecular formula is C58H37N3. The van der Waals surface area contributed by atoms with Crippen LogP contribution in [0.15, 0.2) is 224 Å². The maximum atomic E-state index is 5.48. The van der Waals surface area contributed by atoms with Crippen molar-refractivity contribution in [3.8, 4) is 61.7 Å². The van der Waals surface area contributed by atoms with Gasteiger partial charge in [0.2, 0.25) is 5.95 Å². The lowest BCUT2D eigenvalue weighted by Gasteiger charge is -2.15. The van der Waals surface area contributed by atoms with E-state index in [1.54, 1.807) is 0 Å². The van der Waals surface area contributed by atoms with Crippen LogP contribution in [0.5, 0.6) is 0 Å². The number of aromatic nitrogens is 3. The zero-order valence-electron chi connectivity index (χ0n) is 33.2. The Hall–Kier alpha value is -8.14. The van der Waals surface area contributed by atoms with Crippen LogP contribution in [0.3, 0.4) is 0 Å². The minimum absolute atomic E-state index is 0.648. The van der Waals surface area contributed by atoms with Crippen LogP contribution < -0.4 is 0 Å². The molecule has 3 nitrogen and oxygen atoms in total. The predicted molar refractivity (Wildman–Crippen MR) is 256 cm³/mol. The first-order chi connectivity index (χ1) is 30.2. The average Bonchev–Trinajstić information content (AvgIpc) is 3.67. The van der Waals surface area contributed by atoms with Gasteiger partial charge < -0.3 is 0 Å². The van der Waals surface area contributed by atoms with E-state index < -0.39 is 0 Å². The van der Waals surface area contributed by atoms with Crippen LogP contribution in [-0.4, -0.2) is 14.5 Å². The van der Waals surface area contributed by atoms with E-state index in [-0.39, 0.29) is 0 Å². The monoisotopic (exact) mass is 775 g/mol. The third kappa shape index (κ3) is 5.90. The maximum Gasteiger partial charge on any atom is 0.235 e. The summed E-state index contributed by atoms with van der Waals surface area (Å²) < 4.78 is 2.24. The number of benzene rings is 10. The summed E-state index contributed by atoms with van der Waals surface area (Å²) in [4.78, 5) is 10.7. The van der Waals surface area contributed by atoms with Crippen molar-refractivity contribution in [1.82, 2.24) is 14.5 Å². The van der Waals surface area contributed by atoms with Gasteiger partial charge in [0.25, 0.3) is 0 Å². The summed E-state index contributed by atoms with van der Waals surface area (Å²) >= 11 is 0. The van der Waals surface area contributed by atoms with Crippen LogP contribution in [0.4, 0.5) is 0 Å². The summed E-state index contributed by atoms with van der Waals surface area (Å²) in [6.45, 7) is 0. The quantitative estimate of drug-likeness (QED) is 0.168. The Kier molecular flexibility index (Phi) is 8.17. The fourth-order valence-corrected chi connectivity index (χ4v) is 9.34. The lowest BCUT2D eigenvalue weighted by atomic mass is 9.90.